The number of nitrogens with zero attached hydrogens (tertiary/aromatic N) is 3. The Kier molecular flexibility index (Phi) is 1.48. The van der Waals surface area contributed by atoms with Crippen LogP contribution in [0.5, 0.6) is 0 Å². The van der Waals surface area contributed by atoms with E-state index in [9.17, 15) is 0 Å². The van der Waals surface area contributed by atoms with E-state index in [1.165, 1.54) is 0 Å². The molecule has 0 fully saturated rings. The maximum absolute atomic E-state index is 4.17. The molecule has 1 aliphatic heterocycles. The molecule has 1 aromatic rings. The smallest absolute Gasteiger partial charge is 0.0864 e. The summed E-state index contributed by atoms with van der Waals surface area (Å²) in [6.45, 7) is 0. The fraction of sp³-hybridized carbons (Fsp3) is 0.125. The fourth-order valence-electron chi connectivity index (χ4n) is 0.988. The Bertz CT molecular complexity index is 315. The van der Waals surface area contributed by atoms with Gasteiger partial charge >= 0.3 is 0 Å². The molecular formula is C8H7N3. The zero-order chi connectivity index (χ0) is 7.52. The van der Waals surface area contributed by atoms with Gasteiger partial charge in [-0.15, -0.1) is 0 Å². The molecule has 0 spiro atoms. The van der Waals surface area contributed by atoms with E-state index in [1.807, 2.05) is 12.3 Å². The average molecular weight is 145 g/mol. The van der Waals surface area contributed by atoms with Gasteiger partial charge in [-0.1, -0.05) is 0 Å². The minimum Gasteiger partial charge on any atom is -0.269 e. The monoisotopic (exact) mass is 145 g/mol. The van der Waals surface area contributed by atoms with E-state index in [4.69, 9.17) is 0 Å². The van der Waals surface area contributed by atoms with Crippen LogP contribution in [-0.4, -0.2) is 16.2 Å². The zero-order valence-electron chi connectivity index (χ0n) is 5.94. The van der Waals surface area contributed by atoms with Gasteiger partial charge in [-0.3, -0.25) is 15.0 Å². The van der Waals surface area contributed by atoms with E-state index < -0.39 is 0 Å². The Hall–Kier alpha value is -1.51. The van der Waals surface area contributed by atoms with Gasteiger partial charge in [0.05, 0.1) is 11.4 Å². The van der Waals surface area contributed by atoms with Gasteiger partial charge < -0.3 is 0 Å². The first-order valence-electron chi connectivity index (χ1n) is 3.45. The highest BCUT2D eigenvalue weighted by Gasteiger charge is 2.00. The Labute approximate surface area is 64.5 Å². The molecule has 0 saturated heterocycles. The summed E-state index contributed by atoms with van der Waals surface area (Å²) < 4.78 is 0. The van der Waals surface area contributed by atoms with Gasteiger partial charge in [0.25, 0.3) is 0 Å². The third-order valence-corrected chi connectivity index (χ3v) is 1.51. The van der Waals surface area contributed by atoms with Crippen LogP contribution in [0, 0.1) is 0 Å². The standard InChI is InChI=1S/C8H7N3/c1-3-9-4-2-8-7(1)10-5-6-11-8/h1,3-6H,2H2. The van der Waals surface area contributed by atoms with Crippen molar-refractivity contribution in [2.24, 2.45) is 4.99 Å². The van der Waals surface area contributed by atoms with Crippen molar-refractivity contribution in [1.82, 2.24) is 9.97 Å². The molecule has 0 unspecified atom stereocenters. The van der Waals surface area contributed by atoms with Crippen molar-refractivity contribution in [3.63, 3.8) is 0 Å². The molecule has 3 nitrogen and oxygen atoms in total. The molecule has 1 aromatic heterocycles. The summed E-state index contributed by atoms with van der Waals surface area (Å²) in [6.07, 6.45) is 9.60. The Balaban J connectivity index is 2.52. The molecule has 3 heteroatoms. The quantitative estimate of drug-likeness (QED) is 0.547. The topological polar surface area (TPSA) is 38.1 Å². The molecular weight excluding hydrogens is 138 g/mol. The molecule has 0 saturated carbocycles. The van der Waals surface area contributed by atoms with Crippen molar-refractivity contribution >= 4 is 12.3 Å². The summed E-state index contributed by atoms with van der Waals surface area (Å²) in [7, 11) is 0. The van der Waals surface area contributed by atoms with Crippen LogP contribution in [0.1, 0.15) is 11.4 Å². The molecule has 54 valence electrons. The van der Waals surface area contributed by atoms with E-state index in [0.717, 1.165) is 17.8 Å². The number of hydrogen-bond acceptors (Lipinski definition) is 3. The first kappa shape index (κ1) is 6.22. The highest BCUT2D eigenvalue weighted by molar-refractivity contribution is 5.67. The lowest BCUT2D eigenvalue weighted by atomic mass is 10.2. The van der Waals surface area contributed by atoms with Crippen LogP contribution >= 0.6 is 0 Å². The summed E-state index contributed by atoms with van der Waals surface area (Å²) in [5.74, 6) is 0. The lowest BCUT2D eigenvalue weighted by molar-refractivity contribution is 1.07. The molecule has 11 heavy (non-hydrogen) atoms. The van der Waals surface area contributed by atoms with E-state index in [-0.39, 0.29) is 0 Å². The summed E-state index contributed by atoms with van der Waals surface area (Å²) >= 11 is 0. The van der Waals surface area contributed by atoms with Crippen LogP contribution in [0.15, 0.2) is 23.6 Å². The third-order valence-electron chi connectivity index (χ3n) is 1.51. The second-order valence-corrected chi connectivity index (χ2v) is 2.24. The number of rotatable bonds is 0. The first-order chi connectivity index (χ1) is 5.47. The van der Waals surface area contributed by atoms with Crippen molar-refractivity contribution < 1.29 is 0 Å². The minimum absolute atomic E-state index is 0.774. The number of aliphatic imine (C=N–C) groups is 1. The van der Waals surface area contributed by atoms with Crippen molar-refractivity contribution in [1.29, 1.82) is 0 Å². The van der Waals surface area contributed by atoms with Gasteiger partial charge in [0.15, 0.2) is 0 Å². The van der Waals surface area contributed by atoms with Gasteiger partial charge in [-0.05, 0) is 6.08 Å². The minimum atomic E-state index is 0.774. The second-order valence-electron chi connectivity index (χ2n) is 2.24. The summed E-state index contributed by atoms with van der Waals surface area (Å²) in [6, 6.07) is 0. The van der Waals surface area contributed by atoms with Crippen LogP contribution in [-0.2, 0) is 6.42 Å². The molecule has 2 heterocycles. The maximum atomic E-state index is 4.17. The lowest BCUT2D eigenvalue weighted by Gasteiger charge is -1.96. The van der Waals surface area contributed by atoms with Gasteiger partial charge in [0.2, 0.25) is 0 Å². The van der Waals surface area contributed by atoms with Gasteiger partial charge in [0, 0.05) is 31.2 Å². The SMILES string of the molecule is C1=Cc2nccnc2CC=N1. The predicted molar refractivity (Wildman–Crippen MR) is 43.3 cm³/mol. The third kappa shape index (κ3) is 1.17. The van der Waals surface area contributed by atoms with Crippen LogP contribution < -0.4 is 0 Å². The number of fused-ring (bicyclic) bond motifs is 1. The van der Waals surface area contributed by atoms with E-state index >= 15 is 0 Å². The molecule has 2 rings (SSSR count). The largest absolute Gasteiger partial charge is 0.269 e. The average Bonchev–Trinajstić information content (AvgIpc) is 2.28. The molecule has 0 bridgehead atoms. The van der Waals surface area contributed by atoms with Gasteiger partial charge in [0.1, 0.15) is 0 Å². The second kappa shape index (κ2) is 2.62. The maximum Gasteiger partial charge on any atom is 0.0864 e. The van der Waals surface area contributed by atoms with Crippen LogP contribution in [0.25, 0.3) is 6.08 Å². The van der Waals surface area contributed by atoms with Crippen molar-refractivity contribution in [3.8, 4) is 0 Å². The Morgan fingerprint density at radius 2 is 2.09 bits per heavy atom. The molecule has 0 N–H and O–H groups in total. The van der Waals surface area contributed by atoms with E-state index in [1.54, 1.807) is 18.6 Å². The highest BCUT2D eigenvalue weighted by atomic mass is 14.8. The van der Waals surface area contributed by atoms with Crippen molar-refractivity contribution in [3.05, 3.63) is 30.0 Å². The van der Waals surface area contributed by atoms with Gasteiger partial charge in [-0.25, -0.2) is 0 Å². The van der Waals surface area contributed by atoms with Crippen molar-refractivity contribution in [2.45, 2.75) is 6.42 Å². The highest BCUT2D eigenvalue weighted by Crippen LogP contribution is 2.06. The molecule has 0 aromatic carbocycles. The molecule has 0 aliphatic carbocycles. The molecule has 1 aliphatic rings. The fourth-order valence-corrected chi connectivity index (χ4v) is 0.988. The Morgan fingerprint density at radius 1 is 1.18 bits per heavy atom. The Morgan fingerprint density at radius 3 is 3.09 bits per heavy atom. The van der Waals surface area contributed by atoms with Gasteiger partial charge in [-0.2, -0.15) is 0 Å². The lowest BCUT2D eigenvalue weighted by Crippen LogP contribution is -1.95. The normalized spacial score (nSPS) is 14.2. The zero-order valence-corrected chi connectivity index (χ0v) is 5.94. The summed E-state index contributed by atoms with van der Waals surface area (Å²) in [4.78, 5) is 12.3. The van der Waals surface area contributed by atoms with Crippen LogP contribution in [0.2, 0.25) is 0 Å². The molecule has 0 radical (unpaired) electrons. The van der Waals surface area contributed by atoms with Crippen LogP contribution in [0.3, 0.4) is 0 Å². The number of hydrogen-bond donors (Lipinski definition) is 0. The molecule has 0 atom stereocenters. The predicted octanol–water partition coefficient (Wildman–Crippen LogP) is 1.07. The number of aromatic nitrogens is 2. The van der Waals surface area contributed by atoms with E-state index in [2.05, 4.69) is 15.0 Å². The molecule has 0 amide bonds. The van der Waals surface area contributed by atoms with E-state index in [0.29, 0.717) is 0 Å². The first-order valence-corrected chi connectivity index (χ1v) is 3.45. The summed E-state index contributed by atoms with van der Waals surface area (Å²) in [5.41, 5.74) is 1.91. The summed E-state index contributed by atoms with van der Waals surface area (Å²) in [5, 5.41) is 0. The van der Waals surface area contributed by atoms with Crippen molar-refractivity contribution in [2.75, 3.05) is 0 Å². The van der Waals surface area contributed by atoms with Crippen LogP contribution in [0.4, 0.5) is 0 Å².